The van der Waals surface area contributed by atoms with E-state index >= 15 is 0 Å². The molecule has 0 radical (unpaired) electrons. The van der Waals surface area contributed by atoms with Gasteiger partial charge in [0.25, 0.3) is 0 Å². The Hall–Kier alpha value is -0.830. The summed E-state index contributed by atoms with van der Waals surface area (Å²) in [5.41, 5.74) is 1.78. The summed E-state index contributed by atoms with van der Waals surface area (Å²) >= 11 is 0. The van der Waals surface area contributed by atoms with E-state index in [0.717, 1.165) is 19.0 Å². The lowest BCUT2D eigenvalue weighted by molar-refractivity contribution is 0.216. The van der Waals surface area contributed by atoms with Crippen molar-refractivity contribution in [3.05, 3.63) is 18.2 Å². The number of imidazole rings is 1. The lowest BCUT2D eigenvalue weighted by atomic mass is 9.81. The highest BCUT2D eigenvalue weighted by molar-refractivity contribution is 5.13. The molecule has 3 heteroatoms. The summed E-state index contributed by atoms with van der Waals surface area (Å²) in [4.78, 5) is 4.39. The molecule has 16 heavy (non-hydrogen) atoms. The quantitative estimate of drug-likeness (QED) is 0.826. The van der Waals surface area contributed by atoms with Crippen molar-refractivity contribution >= 4 is 0 Å². The van der Waals surface area contributed by atoms with Crippen molar-refractivity contribution in [2.45, 2.75) is 50.5 Å². The zero-order chi connectivity index (χ0) is 11.0. The minimum absolute atomic E-state index is 0.298. The van der Waals surface area contributed by atoms with Crippen molar-refractivity contribution in [2.75, 3.05) is 13.1 Å². The predicted octanol–water partition coefficient (Wildman–Crippen LogP) is 2.25. The summed E-state index contributed by atoms with van der Waals surface area (Å²) in [6.45, 7) is 4.66. The highest BCUT2D eigenvalue weighted by Crippen LogP contribution is 2.39. The van der Waals surface area contributed by atoms with Gasteiger partial charge in [-0.25, -0.2) is 4.98 Å². The van der Waals surface area contributed by atoms with Crippen molar-refractivity contribution < 1.29 is 0 Å². The zero-order valence-electron chi connectivity index (χ0n) is 10.1. The molecule has 1 aliphatic heterocycles. The molecule has 0 unspecified atom stereocenters. The van der Waals surface area contributed by atoms with Gasteiger partial charge in [-0.05, 0) is 45.7 Å². The monoisotopic (exact) mass is 219 g/mol. The number of piperidine rings is 1. The third-order valence-electron chi connectivity index (χ3n) is 4.45. The van der Waals surface area contributed by atoms with Gasteiger partial charge in [0.1, 0.15) is 0 Å². The molecule has 1 aromatic heterocycles. The lowest BCUT2D eigenvalue weighted by Gasteiger charge is -2.39. The Bertz CT molecular complexity index is 359. The topological polar surface area (TPSA) is 29.9 Å². The van der Waals surface area contributed by atoms with Gasteiger partial charge >= 0.3 is 0 Å². The summed E-state index contributed by atoms with van der Waals surface area (Å²) in [7, 11) is 0. The Morgan fingerprint density at radius 3 is 2.75 bits per heavy atom. The van der Waals surface area contributed by atoms with Gasteiger partial charge in [0.15, 0.2) is 0 Å². The molecule has 0 aromatic carbocycles. The molecule has 3 nitrogen and oxygen atoms in total. The molecule has 0 amide bonds. The molecular weight excluding hydrogens is 198 g/mol. The van der Waals surface area contributed by atoms with Crippen LogP contribution in [0.1, 0.15) is 50.6 Å². The summed E-state index contributed by atoms with van der Waals surface area (Å²) < 4.78 is 2.47. The van der Waals surface area contributed by atoms with Crippen LogP contribution in [0.2, 0.25) is 0 Å². The number of hydrogen-bond donors (Lipinski definition) is 1. The summed E-state index contributed by atoms with van der Waals surface area (Å²) in [6, 6.07) is 0. The van der Waals surface area contributed by atoms with Crippen molar-refractivity contribution in [3.63, 3.8) is 0 Å². The molecule has 0 spiro atoms. The maximum Gasteiger partial charge on any atom is 0.0953 e. The highest BCUT2D eigenvalue weighted by atomic mass is 15.1. The van der Waals surface area contributed by atoms with Gasteiger partial charge in [-0.1, -0.05) is 6.42 Å². The van der Waals surface area contributed by atoms with E-state index in [1.165, 1.54) is 37.8 Å². The maximum atomic E-state index is 4.39. The van der Waals surface area contributed by atoms with Crippen LogP contribution in [0.5, 0.6) is 0 Å². The van der Waals surface area contributed by atoms with Gasteiger partial charge in [-0.3, -0.25) is 0 Å². The standard InChI is InChI=1S/C13H21N3/c1-13(5-7-14-8-6-13)16-10-15-9-12(16)11-3-2-4-11/h9-11,14H,2-8H2,1H3. The van der Waals surface area contributed by atoms with Crippen molar-refractivity contribution in [1.29, 1.82) is 0 Å². The first-order chi connectivity index (χ1) is 7.80. The fourth-order valence-corrected chi connectivity index (χ4v) is 2.97. The Morgan fingerprint density at radius 2 is 2.12 bits per heavy atom. The second-order valence-electron chi connectivity index (χ2n) is 5.56. The predicted molar refractivity (Wildman–Crippen MR) is 64.6 cm³/mol. The molecule has 2 fully saturated rings. The largest absolute Gasteiger partial charge is 0.328 e. The molecule has 1 N–H and O–H groups in total. The molecule has 0 atom stereocenters. The fourth-order valence-electron chi connectivity index (χ4n) is 2.97. The highest BCUT2D eigenvalue weighted by Gasteiger charge is 2.33. The molecular formula is C13H21N3. The second-order valence-corrected chi connectivity index (χ2v) is 5.56. The first-order valence-electron chi connectivity index (χ1n) is 6.53. The number of nitrogens with zero attached hydrogens (tertiary/aromatic N) is 2. The third kappa shape index (κ3) is 1.58. The van der Waals surface area contributed by atoms with E-state index in [4.69, 9.17) is 0 Å². The first-order valence-corrected chi connectivity index (χ1v) is 6.53. The normalized spacial score (nSPS) is 25.3. The van der Waals surface area contributed by atoms with E-state index in [-0.39, 0.29) is 0 Å². The summed E-state index contributed by atoms with van der Waals surface area (Å²) in [6.07, 6.45) is 10.7. The summed E-state index contributed by atoms with van der Waals surface area (Å²) in [5, 5.41) is 3.44. The number of rotatable bonds is 2. The molecule has 2 heterocycles. The Morgan fingerprint density at radius 1 is 1.38 bits per heavy atom. The van der Waals surface area contributed by atoms with Crippen molar-refractivity contribution in [1.82, 2.24) is 14.9 Å². The molecule has 88 valence electrons. The molecule has 0 bridgehead atoms. The minimum Gasteiger partial charge on any atom is -0.328 e. The summed E-state index contributed by atoms with van der Waals surface area (Å²) in [5.74, 6) is 0.786. The van der Waals surface area contributed by atoms with Crippen LogP contribution < -0.4 is 5.32 Å². The van der Waals surface area contributed by atoms with Crippen molar-refractivity contribution in [3.8, 4) is 0 Å². The van der Waals surface area contributed by atoms with Gasteiger partial charge in [0.2, 0.25) is 0 Å². The second kappa shape index (κ2) is 3.88. The SMILES string of the molecule is CC1(n2cncc2C2CCC2)CCNCC1. The number of aromatic nitrogens is 2. The van der Waals surface area contributed by atoms with Gasteiger partial charge in [0.05, 0.1) is 6.33 Å². The van der Waals surface area contributed by atoms with Crippen LogP contribution in [0.15, 0.2) is 12.5 Å². The fraction of sp³-hybridized carbons (Fsp3) is 0.769. The number of nitrogens with one attached hydrogen (secondary N) is 1. The zero-order valence-corrected chi connectivity index (χ0v) is 10.1. The van der Waals surface area contributed by atoms with Crippen LogP contribution in [0, 0.1) is 0 Å². The number of hydrogen-bond acceptors (Lipinski definition) is 2. The van der Waals surface area contributed by atoms with E-state index in [1.807, 2.05) is 0 Å². The van der Waals surface area contributed by atoms with Crippen LogP contribution in [0.4, 0.5) is 0 Å². The molecule has 2 aliphatic rings. The van der Waals surface area contributed by atoms with E-state index in [2.05, 4.69) is 34.3 Å². The molecule has 1 saturated carbocycles. The lowest BCUT2D eigenvalue weighted by Crippen LogP contribution is -2.42. The Kier molecular flexibility index (Phi) is 2.51. The van der Waals surface area contributed by atoms with Crippen molar-refractivity contribution in [2.24, 2.45) is 0 Å². The molecule has 3 rings (SSSR count). The Labute approximate surface area is 97.3 Å². The third-order valence-corrected chi connectivity index (χ3v) is 4.45. The van der Waals surface area contributed by atoms with Gasteiger partial charge in [0, 0.05) is 23.3 Å². The smallest absolute Gasteiger partial charge is 0.0953 e. The van der Waals surface area contributed by atoms with Crippen LogP contribution >= 0.6 is 0 Å². The van der Waals surface area contributed by atoms with Crippen LogP contribution in [-0.4, -0.2) is 22.6 Å². The maximum absolute atomic E-state index is 4.39. The Balaban J connectivity index is 1.89. The first kappa shape index (κ1) is 10.3. The van der Waals surface area contributed by atoms with E-state index in [0.29, 0.717) is 5.54 Å². The molecule has 1 aliphatic carbocycles. The van der Waals surface area contributed by atoms with Gasteiger partial charge in [-0.2, -0.15) is 0 Å². The minimum atomic E-state index is 0.298. The van der Waals surface area contributed by atoms with Gasteiger partial charge < -0.3 is 9.88 Å². The van der Waals surface area contributed by atoms with E-state index < -0.39 is 0 Å². The van der Waals surface area contributed by atoms with Gasteiger partial charge in [-0.15, -0.1) is 0 Å². The average Bonchev–Trinajstić information content (AvgIpc) is 2.66. The molecule has 1 saturated heterocycles. The molecule has 1 aromatic rings. The van der Waals surface area contributed by atoms with E-state index in [9.17, 15) is 0 Å². The van der Waals surface area contributed by atoms with Crippen LogP contribution in [-0.2, 0) is 5.54 Å². The van der Waals surface area contributed by atoms with Crippen LogP contribution in [0.25, 0.3) is 0 Å². The average molecular weight is 219 g/mol. The van der Waals surface area contributed by atoms with Crippen LogP contribution in [0.3, 0.4) is 0 Å². The van der Waals surface area contributed by atoms with E-state index in [1.54, 1.807) is 0 Å².